The zero-order valence-electron chi connectivity index (χ0n) is 12.1. The number of ether oxygens (including phenoxy) is 1. The van der Waals surface area contributed by atoms with Gasteiger partial charge >= 0.3 is 0 Å². The van der Waals surface area contributed by atoms with Crippen LogP contribution >= 0.6 is 0 Å². The zero-order chi connectivity index (χ0) is 14.8. The topological polar surface area (TPSA) is 73.1 Å². The number of nitrogens with zero attached hydrogens (tertiary/aromatic N) is 5. The highest BCUT2D eigenvalue weighted by Crippen LogP contribution is 2.18. The molecule has 1 saturated heterocycles. The van der Waals surface area contributed by atoms with Crippen molar-refractivity contribution in [3.63, 3.8) is 0 Å². The quantitative estimate of drug-likeness (QED) is 0.799. The summed E-state index contributed by atoms with van der Waals surface area (Å²) in [6, 6.07) is 3.24. The minimum Gasteiger partial charge on any atom is -0.375 e. The molecule has 1 atom stereocenters. The van der Waals surface area contributed by atoms with Crippen molar-refractivity contribution < 1.29 is 4.74 Å². The second kappa shape index (κ2) is 5.61. The van der Waals surface area contributed by atoms with Gasteiger partial charge in [-0.15, -0.1) is 0 Å². The summed E-state index contributed by atoms with van der Waals surface area (Å²) in [5.41, 5.74) is 1.10. The molecule has 0 aromatic carbocycles. The SMILES string of the molecule is CC1CN(c2nc(-c3ccncn3)cc(=O)n2C)CCO1. The Morgan fingerprint density at radius 1 is 1.38 bits per heavy atom. The van der Waals surface area contributed by atoms with E-state index in [2.05, 4.69) is 19.9 Å². The molecule has 0 radical (unpaired) electrons. The molecule has 2 aromatic rings. The van der Waals surface area contributed by atoms with Crippen molar-refractivity contribution in [2.75, 3.05) is 24.6 Å². The lowest BCUT2D eigenvalue weighted by Crippen LogP contribution is -2.44. The van der Waals surface area contributed by atoms with E-state index in [1.807, 2.05) is 6.92 Å². The second-order valence-corrected chi connectivity index (χ2v) is 5.06. The highest BCUT2D eigenvalue weighted by atomic mass is 16.5. The van der Waals surface area contributed by atoms with E-state index in [9.17, 15) is 4.79 Å². The summed E-state index contributed by atoms with van der Waals surface area (Å²) in [5.74, 6) is 0.645. The lowest BCUT2D eigenvalue weighted by Gasteiger charge is -2.32. The van der Waals surface area contributed by atoms with E-state index < -0.39 is 0 Å². The fraction of sp³-hybridized carbons (Fsp3) is 0.429. The van der Waals surface area contributed by atoms with Crippen molar-refractivity contribution >= 4 is 5.95 Å². The minimum absolute atomic E-state index is 0.104. The highest BCUT2D eigenvalue weighted by Gasteiger charge is 2.21. The summed E-state index contributed by atoms with van der Waals surface area (Å²) < 4.78 is 7.10. The third kappa shape index (κ3) is 2.78. The van der Waals surface area contributed by atoms with Crippen LogP contribution in [0.3, 0.4) is 0 Å². The van der Waals surface area contributed by atoms with Crippen LogP contribution in [0.2, 0.25) is 0 Å². The maximum Gasteiger partial charge on any atom is 0.255 e. The third-order valence-corrected chi connectivity index (χ3v) is 3.48. The Balaban J connectivity index is 2.04. The molecule has 0 bridgehead atoms. The summed E-state index contributed by atoms with van der Waals surface area (Å²) in [6.45, 7) is 4.08. The van der Waals surface area contributed by atoms with Crippen LogP contribution in [0.25, 0.3) is 11.4 Å². The van der Waals surface area contributed by atoms with Crippen LogP contribution in [-0.4, -0.2) is 45.3 Å². The van der Waals surface area contributed by atoms with E-state index >= 15 is 0 Å². The molecule has 1 aliphatic rings. The lowest BCUT2D eigenvalue weighted by molar-refractivity contribution is 0.0523. The average molecular weight is 287 g/mol. The molecule has 1 fully saturated rings. The first-order valence-electron chi connectivity index (χ1n) is 6.86. The lowest BCUT2D eigenvalue weighted by atomic mass is 10.3. The van der Waals surface area contributed by atoms with Gasteiger partial charge < -0.3 is 9.64 Å². The van der Waals surface area contributed by atoms with Crippen LogP contribution in [0, 0.1) is 0 Å². The fourth-order valence-corrected chi connectivity index (χ4v) is 2.38. The molecule has 1 unspecified atom stereocenters. The Hall–Kier alpha value is -2.28. The zero-order valence-corrected chi connectivity index (χ0v) is 12.1. The predicted octanol–water partition coefficient (Wildman–Crippen LogP) is 0.462. The molecular weight excluding hydrogens is 270 g/mol. The molecule has 3 rings (SSSR count). The Morgan fingerprint density at radius 2 is 2.24 bits per heavy atom. The van der Waals surface area contributed by atoms with Crippen molar-refractivity contribution in [2.24, 2.45) is 7.05 Å². The highest BCUT2D eigenvalue weighted by molar-refractivity contribution is 5.55. The molecule has 7 heteroatoms. The number of anilines is 1. The van der Waals surface area contributed by atoms with Crippen LogP contribution in [-0.2, 0) is 11.8 Å². The average Bonchev–Trinajstić information content (AvgIpc) is 2.51. The van der Waals surface area contributed by atoms with Gasteiger partial charge in [-0.2, -0.15) is 0 Å². The number of morpholine rings is 1. The number of aromatic nitrogens is 4. The van der Waals surface area contributed by atoms with E-state index in [-0.39, 0.29) is 11.7 Å². The summed E-state index contributed by atoms with van der Waals surface area (Å²) in [7, 11) is 1.73. The Morgan fingerprint density at radius 3 is 2.95 bits per heavy atom. The number of rotatable bonds is 2. The monoisotopic (exact) mass is 287 g/mol. The van der Waals surface area contributed by atoms with Gasteiger partial charge in [0, 0.05) is 32.4 Å². The van der Waals surface area contributed by atoms with Crippen molar-refractivity contribution in [2.45, 2.75) is 13.0 Å². The molecule has 2 aromatic heterocycles. The first kappa shape index (κ1) is 13.7. The van der Waals surface area contributed by atoms with Crippen LogP contribution in [0.15, 0.2) is 29.5 Å². The molecule has 0 saturated carbocycles. The van der Waals surface area contributed by atoms with Gasteiger partial charge in [-0.3, -0.25) is 9.36 Å². The largest absolute Gasteiger partial charge is 0.375 e. The van der Waals surface area contributed by atoms with E-state index in [4.69, 9.17) is 4.74 Å². The predicted molar refractivity (Wildman–Crippen MR) is 78.1 cm³/mol. The van der Waals surface area contributed by atoms with Crippen LogP contribution in [0.1, 0.15) is 6.92 Å². The van der Waals surface area contributed by atoms with Gasteiger partial charge in [-0.1, -0.05) is 0 Å². The van der Waals surface area contributed by atoms with Crippen LogP contribution in [0.5, 0.6) is 0 Å². The molecule has 110 valence electrons. The first-order valence-corrected chi connectivity index (χ1v) is 6.86. The Labute approximate surface area is 122 Å². The Bertz CT molecular complexity index is 686. The van der Waals surface area contributed by atoms with Crippen molar-refractivity contribution in [1.82, 2.24) is 19.5 Å². The van der Waals surface area contributed by atoms with E-state index in [0.29, 0.717) is 30.5 Å². The van der Waals surface area contributed by atoms with Gasteiger partial charge in [0.25, 0.3) is 5.56 Å². The normalized spacial score (nSPS) is 18.8. The van der Waals surface area contributed by atoms with Gasteiger partial charge in [0.15, 0.2) is 0 Å². The second-order valence-electron chi connectivity index (χ2n) is 5.06. The van der Waals surface area contributed by atoms with Crippen molar-refractivity contribution in [3.8, 4) is 11.4 Å². The molecule has 3 heterocycles. The van der Waals surface area contributed by atoms with E-state index in [1.165, 1.54) is 12.4 Å². The van der Waals surface area contributed by atoms with E-state index in [1.54, 1.807) is 23.9 Å². The Kier molecular flexibility index (Phi) is 3.66. The summed E-state index contributed by atoms with van der Waals surface area (Å²) >= 11 is 0. The van der Waals surface area contributed by atoms with Gasteiger partial charge in [0.05, 0.1) is 24.1 Å². The van der Waals surface area contributed by atoms with Gasteiger partial charge in [0.1, 0.15) is 6.33 Å². The van der Waals surface area contributed by atoms with Crippen molar-refractivity contribution in [1.29, 1.82) is 0 Å². The minimum atomic E-state index is -0.104. The maximum atomic E-state index is 12.2. The first-order chi connectivity index (χ1) is 10.1. The van der Waals surface area contributed by atoms with E-state index in [0.717, 1.165) is 6.54 Å². The molecule has 0 aliphatic carbocycles. The molecule has 21 heavy (non-hydrogen) atoms. The van der Waals surface area contributed by atoms with Gasteiger partial charge in [-0.05, 0) is 13.0 Å². The molecule has 7 nitrogen and oxygen atoms in total. The van der Waals surface area contributed by atoms with Crippen molar-refractivity contribution in [3.05, 3.63) is 35.0 Å². The van der Waals surface area contributed by atoms with Gasteiger partial charge in [0.2, 0.25) is 5.95 Å². The summed E-state index contributed by atoms with van der Waals surface area (Å²) in [4.78, 5) is 26.9. The summed E-state index contributed by atoms with van der Waals surface area (Å²) in [6.07, 6.45) is 3.21. The fourth-order valence-electron chi connectivity index (χ4n) is 2.38. The number of hydrogen-bond acceptors (Lipinski definition) is 6. The third-order valence-electron chi connectivity index (χ3n) is 3.48. The van der Waals surface area contributed by atoms with Gasteiger partial charge in [-0.25, -0.2) is 15.0 Å². The number of hydrogen-bond donors (Lipinski definition) is 0. The molecular formula is C14H17N5O2. The summed E-state index contributed by atoms with van der Waals surface area (Å²) in [5, 5.41) is 0. The maximum absolute atomic E-state index is 12.2. The molecule has 0 spiro atoms. The molecule has 0 N–H and O–H groups in total. The standard InChI is InChI=1S/C14H17N5O2/c1-10-8-19(5-6-21-10)14-17-12(7-13(20)18(14)2)11-3-4-15-9-16-11/h3-4,7,9-10H,5-6,8H2,1-2H3. The molecule has 0 amide bonds. The molecule has 1 aliphatic heterocycles. The smallest absolute Gasteiger partial charge is 0.255 e. The van der Waals surface area contributed by atoms with Crippen LogP contribution < -0.4 is 10.5 Å². The van der Waals surface area contributed by atoms with Crippen LogP contribution in [0.4, 0.5) is 5.95 Å².